The number of nitrogens with one attached hydrogen (secondary N) is 1. The van der Waals surface area contributed by atoms with E-state index in [1.807, 2.05) is 24.3 Å². The van der Waals surface area contributed by atoms with Crippen molar-refractivity contribution in [2.24, 2.45) is 5.92 Å². The molecule has 1 N–H and O–H groups in total. The third kappa shape index (κ3) is 4.87. The molecule has 23 heavy (non-hydrogen) atoms. The summed E-state index contributed by atoms with van der Waals surface area (Å²) in [7, 11) is 1.62. The zero-order valence-electron chi connectivity index (χ0n) is 13.7. The lowest BCUT2D eigenvalue weighted by atomic mass is 9.98. The van der Waals surface area contributed by atoms with Gasteiger partial charge in [-0.3, -0.25) is 4.79 Å². The molecule has 1 fully saturated rings. The maximum absolute atomic E-state index is 12.3. The first-order chi connectivity index (χ1) is 11.1. The highest BCUT2D eigenvalue weighted by molar-refractivity contribution is 5.77. The van der Waals surface area contributed by atoms with Crippen LogP contribution in [0.15, 0.2) is 24.3 Å². The lowest BCUT2D eigenvalue weighted by Gasteiger charge is -2.31. The van der Waals surface area contributed by atoms with Crippen LogP contribution in [0.3, 0.4) is 0 Å². The van der Waals surface area contributed by atoms with E-state index < -0.39 is 0 Å². The predicted molar refractivity (Wildman–Crippen MR) is 86.2 cm³/mol. The van der Waals surface area contributed by atoms with E-state index in [0.717, 1.165) is 24.2 Å². The topological polar surface area (TPSA) is 67.9 Å². The number of urea groups is 1. The number of rotatable bonds is 5. The van der Waals surface area contributed by atoms with Gasteiger partial charge in [-0.1, -0.05) is 12.1 Å². The monoisotopic (exact) mass is 320 g/mol. The summed E-state index contributed by atoms with van der Waals surface area (Å²) in [5.41, 5.74) is 0.998. The molecule has 1 aromatic carbocycles. The molecule has 0 saturated carbocycles. The molecule has 0 aromatic heterocycles. The molecule has 1 atom stereocenters. The number of esters is 1. The van der Waals surface area contributed by atoms with E-state index in [1.165, 1.54) is 0 Å². The number of amides is 2. The molecule has 1 unspecified atom stereocenters. The van der Waals surface area contributed by atoms with Crippen molar-refractivity contribution in [2.75, 3.05) is 26.8 Å². The lowest BCUT2D eigenvalue weighted by Crippen LogP contribution is -2.47. The van der Waals surface area contributed by atoms with Crippen molar-refractivity contribution >= 4 is 12.0 Å². The van der Waals surface area contributed by atoms with Crippen molar-refractivity contribution in [1.82, 2.24) is 10.2 Å². The van der Waals surface area contributed by atoms with Crippen molar-refractivity contribution in [3.8, 4) is 5.75 Å². The number of ether oxygens (including phenoxy) is 2. The van der Waals surface area contributed by atoms with Gasteiger partial charge in [0.1, 0.15) is 5.75 Å². The molecular weight excluding hydrogens is 296 g/mol. The number of piperidine rings is 1. The number of carbonyl (C=O) groups excluding carboxylic acids is 2. The fraction of sp³-hybridized carbons (Fsp3) is 0.529. The highest BCUT2D eigenvalue weighted by Crippen LogP contribution is 2.18. The SMILES string of the molecule is CCOC(=O)C1CCCN(C(=O)NCc2ccc(OC)cc2)C1. The second kappa shape index (κ2) is 8.41. The molecule has 6 nitrogen and oxygen atoms in total. The number of hydrogen-bond acceptors (Lipinski definition) is 4. The van der Waals surface area contributed by atoms with Gasteiger partial charge < -0.3 is 19.7 Å². The number of likely N-dealkylation sites (tertiary alicyclic amines) is 1. The van der Waals surface area contributed by atoms with Crippen LogP contribution in [0.25, 0.3) is 0 Å². The van der Waals surface area contributed by atoms with Crippen LogP contribution in [0.4, 0.5) is 4.79 Å². The summed E-state index contributed by atoms with van der Waals surface area (Å²) >= 11 is 0. The minimum absolute atomic E-state index is 0.144. The second-order valence-corrected chi connectivity index (χ2v) is 5.54. The lowest BCUT2D eigenvalue weighted by molar-refractivity contribution is -0.149. The Bertz CT molecular complexity index is 530. The Morgan fingerprint density at radius 1 is 1.30 bits per heavy atom. The molecule has 6 heteroatoms. The summed E-state index contributed by atoms with van der Waals surface area (Å²) in [5.74, 6) is 0.365. The van der Waals surface area contributed by atoms with E-state index in [1.54, 1.807) is 18.9 Å². The minimum atomic E-state index is -0.213. The maximum Gasteiger partial charge on any atom is 0.317 e. The van der Waals surface area contributed by atoms with Gasteiger partial charge in [0.25, 0.3) is 0 Å². The van der Waals surface area contributed by atoms with Crippen LogP contribution in [-0.2, 0) is 16.1 Å². The standard InChI is InChI=1S/C17H24N2O4/c1-3-23-16(20)14-5-4-10-19(12-14)17(21)18-11-13-6-8-15(22-2)9-7-13/h6-9,14H,3-5,10-12H2,1-2H3,(H,18,21). The van der Waals surface area contributed by atoms with Crippen LogP contribution in [0.5, 0.6) is 5.75 Å². The van der Waals surface area contributed by atoms with Crippen molar-refractivity contribution in [3.05, 3.63) is 29.8 Å². The zero-order valence-corrected chi connectivity index (χ0v) is 13.7. The molecule has 1 aliphatic rings. The Kier molecular flexibility index (Phi) is 6.26. The number of nitrogens with zero attached hydrogens (tertiary/aromatic N) is 1. The molecule has 0 spiro atoms. The predicted octanol–water partition coefficient (Wildman–Crippen LogP) is 2.18. The quantitative estimate of drug-likeness (QED) is 0.844. The molecule has 126 valence electrons. The number of hydrogen-bond donors (Lipinski definition) is 1. The second-order valence-electron chi connectivity index (χ2n) is 5.54. The average Bonchev–Trinajstić information content (AvgIpc) is 2.60. The third-order valence-corrected chi connectivity index (χ3v) is 3.93. The Hall–Kier alpha value is -2.24. The normalized spacial score (nSPS) is 17.5. The first kappa shape index (κ1) is 17.1. The van der Waals surface area contributed by atoms with E-state index in [-0.39, 0.29) is 17.9 Å². The highest BCUT2D eigenvalue weighted by Gasteiger charge is 2.29. The number of carbonyl (C=O) groups is 2. The van der Waals surface area contributed by atoms with Gasteiger partial charge in [-0.25, -0.2) is 4.79 Å². The zero-order chi connectivity index (χ0) is 16.7. The van der Waals surface area contributed by atoms with E-state index in [4.69, 9.17) is 9.47 Å². The average molecular weight is 320 g/mol. The molecule has 1 aliphatic heterocycles. The van der Waals surface area contributed by atoms with E-state index >= 15 is 0 Å². The molecule has 2 amide bonds. The van der Waals surface area contributed by atoms with Gasteiger partial charge in [-0.2, -0.15) is 0 Å². The molecular formula is C17H24N2O4. The molecule has 1 aromatic rings. The summed E-state index contributed by atoms with van der Waals surface area (Å²) in [6, 6.07) is 7.40. The van der Waals surface area contributed by atoms with E-state index in [9.17, 15) is 9.59 Å². The fourth-order valence-corrected chi connectivity index (χ4v) is 2.65. The summed E-state index contributed by atoms with van der Waals surface area (Å²) in [6.07, 6.45) is 1.60. The Labute approximate surface area is 136 Å². The van der Waals surface area contributed by atoms with Crippen LogP contribution in [0, 0.1) is 5.92 Å². The van der Waals surface area contributed by atoms with E-state index in [0.29, 0.717) is 26.2 Å². The van der Waals surface area contributed by atoms with Gasteiger partial charge in [0.05, 0.1) is 19.6 Å². The molecule has 0 radical (unpaired) electrons. The van der Waals surface area contributed by atoms with Crippen LogP contribution in [0.1, 0.15) is 25.3 Å². The summed E-state index contributed by atoms with van der Waals surface area (Å²) in [5, 5.41) is 2.89. The van der Waals surface area contributed by atoms with Crippen LogP contribution >= 0.6 is 0 Å². The van der Waals surface area contributed by atoms with Crippen LogP contribution in [0.2, 0.25) is 0 Å². The molecule has 1 saturated heterocycles. The van der Waals surface area contributed by atoms with Gasteiger partial charge in [0.15, 0.2) is 0 Å². The van der Waals surface area contributed by atoms with Gasteiger partial charge in [0.2, 0.25) is 0 Å². The highest BCUT2D eigenvalue weighted by atomic mass is 16.5. The number of benzene rings is 1. The van der Waals surface area contributed by atoms with E-state index in [2.05, 4.69) is 5.32 Å². The fourth-order valence-electron chi connectivity index (χ4n) is 2.65. The first-order valence-electron chi connectivity index (χ1n) is 7.96. The van der Waals surface area contributed by atoms with Crippen LogP contribution in [-0.4, -0.2) is 43.7 Å². The Balaban J connectivity index is 1.83. The van der Waals surface area contributed by atoms with Crippen LogP contribution < -0.4 is 10.1 Å². The summed E-state index contributed by atoms with van der Waals surface area (Å²) in [6.45, 7) is 3.71. The molecule has 0 aliphatic carbocycles. The Morgan fingerprint density at radius 2 is 2.04 bits per heavy atom. The van der Waals surface area contributed by atoms with Gasteiger partial charge in [-0.05, 0) is 37.5 Å². The summed E-state index contributed by atoms with van der Waals surface area (Å²) < 4.78 is 10.2. The first-order valence-corrected chi connectivity index (χ1v) is 7.96. The van der Waals surface area contributed by atoms with Crippen molar-refractivity contribution < 1.29 is 19.1 Å². The van der Waals surface area contributed by atoms with Crippen molar-refractivity contribution in [3.63, 3.8) is 0 Å². The molecule has 2 rings (SSSR count). The Morgan fingerprint density at radius 3 is 2.70 bits per heavy atom. The third-order valence-electron chi connectivity index (χ3n) is 3.93. The van der Waals surface area contributed by atoms with Crippen molar-refractivity contribution in [1.29, 1.82) is 0 Å². The van der Waals surface area contributed by atoms with Gasteiger partial charge in [0, 0.05) is 19.6 Å². The van der Waals surface area contributed by atoms with Gasteiger partial charge in [-0.15, -0.1) is 0 Å². The van der Waals surface area contributed by atoms with Gasteiger partial charge >= 0.3 is 12.0 Å². The molecule has 0 bridgehead atoms. The molecule has 1 heterocycles. The largest absolute Gasteiger partial charge is 0.497 e. The number of methoxy groups -OCH3 is 1. The van der Waals surface area contributed by atoms with Crippen molar-refractivity contribution in [2.45, 2.75) is 26.3 Å². The summed E-state index contributed by atoms with van der Waals surface area (Å²) in [4.78, 5) is 25.8. The minimum Gasteiger partial charge on any atom is -0.497 e. The maximum atomic E-state index is 12.3. The smallest absolute Gasteiger partial charge is 0.317 e.